The molecule has 9 heteroatoms. The Balaban J connectivity index is 1.70. The van der Waals surface area contributed by atoms with Crippen LogP contribution in [0.4, 0.5) is 14.5 Å². The van der Waals surface area contributed by atoms with E-state index in [2.05, 4.69) is 10.1 Å². The van der Waals surface area contributed by atoms with Gasteiger partial charge in [-0.1, -0.05) is 19.3 Å². The van der Waals surface area contributed by atoms with E-state index < -0.39 is 13.0 Å². The predicted molar refractivity (Wildman–Crippen MR) is 125 cm³/mol. The summed E-state index contributed by atoms with van der Waals surface area (Å²) >= 11 is 0. The van der Waals surface area contributed by atoms with Gasteiger partial charge in [0.15, 0.2) is 6.61 Å². The molecule has 0 saturated heterocycles. The van der Waals surface area contributed by atoms with E-state index in [1.54, 1.807) is 15.8 Å². The highest BCUT2D eigenvalue weighted by atomic mass is 19.3. The number of fused-ring (bicyclic) bond motifs is 1. The second-order valence-corrected chi connectivity index (χ2v) is 8.30. The molecule has 1 saturated carbocycles. The Morgan fingerprint density at radius 1 is 1.30 bits per heavy atom. The number of alkyl halides is 2. The van der Waals surface area contributed by atoms with E-state index in [-0.39, 0.29) is 11.8 Å². The van der Waals surface area contributed by atoms with Crippen molar-refractivity contribution < 1.29 is 18.3 Å². The highest BCUT2D eigenvalue weighted by Gasteiger charge is 2.25. The Morgan fingerprint density at radius 3 is 2.82 bits per heavy atom. The molecule has 0 N–H and O–H groups in total. The van der Waals surface area contributed by atoms with Crippen LogP contribution in [0, 0.1) is 5.92 Å². The molecule has 0 atom stereocenters. The lowest BCUT2D eigenvalue weighted by Gasteiger charge is -2.24. The zero-order valence-corrected chi connectivity index (χ0v) is 18.7. The van der Waals surface area contributed by atoms with Crippen LogP contribution in [0.25, 0.3) is 10.9 Å². The summed E-state index contributed by atoms with van der Waals surface area (Å²) in [5.74, 6) is 0.124. The number of aliphatic imine (C=N–C) groups is 1. The van der Waals surface area contributed by atoms with Gasteiger partial charge in [0.1, 0.15) is 17.7 Å². The smallest absolute Gasteiger partial charge is 0.272 e. The van der Waals surface area contributed by atoms with E-state index in [1.807, 2.05) is 38.5 Å². The Bertz CT molecular complexity index is 1140. The highest BCUT2D eigenvalue weighted by molar-refractivity contribution is 6.17. The van der Waals surface area contributed by atoms with Crippen LogP contribution in [-0.4, -0.2) is 47.8 Å². The Hall–Kier alpha value is -3.36. The molecule has 0 unspecified atom stereocenters. The fraction of sp³-hybridized carbons (Fsp3) is 0.417. The summed E-state index contributed by atoms with van der Waals surface area (Å²) in [5, 5.41) is 11.8. The third kappa shape index (κ3) is 5.35. The minimum Gasteiger partial charge on any atom is -0.472 e. The van der Waals surface area contributed by atoms with Crippen molar-refractivity contribution in [3.05, 3.63) is 47.8 Å². The quantitative estimate of drug-likeness (QED) is 0.361. The molecule has 1 aliphatic heterocycles. The average Bonchev–Trinajstić information content (AvgIpc) is 3.19. The number of dihydropyridines is 1. The molecule has 1 aromatic carbocycles. The minimum atomic E-state index is -2.61. The van der Waals surface area contributed by atoms with Gasteiger partial charge in [0.2, 0.25) is 5.90 Å². The SMILES string of the molecule is CN(/N=C1/C=CC(OCC(F)F)=N/C1=C(/C=O)C1CCCCC1)c1ccc2nn(C)cc2c1. The van der Waals surface area contributed by atoms with Crippen molar-refractivity contribution in [1.82, 2.24) is 9.78 Å². The van der Waals surface area contributed by atoms with Crippen LogP contribution >= 0.6 is 0 Å². The van der Waals surface area contributed by atoms with Crippen molar-refractivity contribution >= 4 is 34.5 Å². The topological polar surface area (TPSA) is 72.1 Å². The standard InChI is InChI=1S/C24H27F2N5O2/c1-30-13-17-12-18(8-9-20(17)28-30)31(2)29-21-10-11-23(33-15-22(25)26)27-24(21)19(14-32)16-6-4-3-5-7-16/h8-14,16,22H,3-7,15H2,1-2H3/b24-19-,29-21-. The number of hydrogen-bond donors (Lipinski definition) is 0. The van der Waals surface area contributed by atoms with E-state index in [4.69, 9.17) is 9.84 Å². The molecular weight excluding hydrogens is 428 g/mol. The Morgan fingerprint density at radius 2 is 2.09 bits per heavy atom. The maximum Gasteiger partial charge on any atom is 0.272 e. The molecular formula is C24H27F2N5O2. The molecule has 0 spiro atoms. The van der Waals surface area contributed by atoms with E-state index in [0.717, 1.165) is 55.0 Å². The number of hydrogen-bond acceptors (Lipinski definition) is 6. The van der Waals surface area contributed by atoms with Crippen LogP contribution in [0.15, 0.2) is 57.9 Å². The first-order valence-electron chi connectivity index (χ1n) is 11.1. The van der Waals surface area contributed by atoms with Crippen molar-refractivity contribution in [3.63, 3.8) is 0 Å². The van der Waals surface area contributed by atoms with E-state index in [1.165, 1.54) is 6.08 Å². The van der Waals surface area contributed by atoms with Gasteiger partial charge in [0, 0.05) is 37.3 Å². The summed E-state index contributed by atoms with van der Waals surface area (Å²) in [5.41, 5.74) is 3.14. The van der Waals surface area contributed by atoms with Crippen LogP contribution in [0.5, 0.6) is 0 Å². The number of benzene rings is 1. The molecule has 33 heavy (non-hydrogen) atoms. The first-order chi connectivity index (χ1) is 15.9. The summed E-state index contributed by atoms with van der Waals surface area (Å²) in [6.45, 7) is -0.756. The van der Waals surface area contributed by atoms with Crippen molar-refractivity contribution in [2.75, 3.05) is 18.7 Å². The fourth-order valence-corrected chi connectivity index (χ4v) is 4.27. The molecule has 2 aliphatic rings. The lowest BCUT2D eigenvalue weighted by molar-refractivity contribution is -0.105. The summed E-state index contributed by atoms with van der Waals surface area (Å²) < 4.78 is 32.2. The second-order valence-electron chi connectivity index (χ2n) is 8.30. The van der Waals surface area contributed by atoms with Crippen LogP contribution in [-0.2, 0) is 16.6 Å². The molecule has 2 aromatic rings. The van der Waals surface area contributed by atoms with Crippen LogP contribution < -0.4 is 5.01 Å². The van der Waals surface area contributed by atoms with Gasteiger partial charge in [-0.3, -0.25) is 14.5 Å². The molecule has 0 amide bonds. The normalized spacial score (nSPS) is 19.8. The average molecular weight is 456 g/mol. The monoisotopic (exact) mass is 455 g/mol. The zero-order chi connectivity index (χ0) is 23.4. The van der Waals surface area contributed by atoms with Crippen molar-refractivity contribution in [2.24, 2.45) is 23.1 Å². The van der Waals surface area contributed by atoms with E-state index >= 15 is 0 Å². The zero-order valence-electron chi connectivity index (χ0n) is 18.7. The number of ether oxygens (including phenoxy) is 1. The fourth-order valence-electron chi connectivity index (χ4n) is 4.27. The number of carbonyl (C=O) groups excluding carboxylic acids is 1. The molecule has 7 nitrogen and oxygen atoms in total. The van der Waals surface area contributed by atoms with Gasteiger partial charge in [0.05, 0.1) is 11.2 Å². The third-order valence-corrected chi connectivity index (χ3v) is 5.88. The van der Waals surface area contributed by atoms with E-state index in [0.29, 0.717) is 17.0 Å². The second kappa shape index (κ2) is 10.1. The molecule has 0 bridgehead atoms. The van der Waals surface area contributed by atoms with Crippen LogP contribution in [0.2, 0.25) is 0 Å². The summed E-state index contributed by atoms with van der Waals surface area (Å²) in [4.78, 5) is 16.6. The number of aryl methyl sites for hydroxylation is 1. The number of allylic oxidation sites excluding steroid dienone is 2. The van der Waals surface area contributed by atoms with Gasteiger partial charge in [-0.15, -0.1) is 0 Å². The molecule has 0 radical (unpaired) electrons. The highest BCUT2D eigenvalue weighted by Crippen LogP contribution is 2.32. The van der Waals surface area contributed by atoms with Crippen molar-refractivity contribution in [2.45, 2.75) is 38.5 Å². The summed E-state index contributed by atoms with van der Waals surface area (Å²) in [6.07, 6.45) is 8.33. The minimum absolute atomic E-state index is 0.0545. The summed E-state index contributed by atoms with van der Waals surface area (Å²) in [7, 11) is 3.68. The van der Waals surface area contributed by atoms with Gasteiger partial charge in [0.25, 0.3) is 6.43 Å². The van der Waals surface area contributed by atoms with Crippen molar-refractivity contribution in [1.29, 1.82) is 0 Å². The Kier molecular flexibility index (Phi) is 6.96. The van der Waals surface area contributed by atoms with Gasteiger partial charge in [-0.25, -0.2) is 13.8 Å². The van der Waals surface area contributed by atoms with Crippen molar-refractivity contribution in [3.8, 4) is 0 Å². The molecule has 4 rings (SSSR count). The number of hydrazone groups is 1. The van der Waals surface area contributed by atoms with E-state index in [9.17, 15) is 13.6 Å². The van der Waals surface area contributed by atoms with Crippen LogP contribution in [0.3, 0.4) is 0 Å². The summed E-state index contributed by atoms with van der Waals surface area (Å²) in [6, 6.07) is 5.81. The third-order valence-electron chi connectivity index (χ3n) is 5.88. The number of carbonyl (C=O) groups is 1. The molecule has 1 aliphatic carbocycles. The molecule has 1 aromatic heterocycles. The van der Waals surface area contributed by atoms with Gasteiger partial charge >= 0.3 is 0 Å². The van der Waals surface area contributed by atoms with Gasteiger partial charge < -0.3 is 4.74 Å². The molecule has 2 heterocycles. The number of rotatable bonds is 6. The maximum atomic E-state index is 12.6. The Labute approximate surface area is 191 Å². The first kappa shape index (κ1) is 22.8. The first-order valence-corrected chi connectivity index (χ1v) is 11.1. The number of aromatic nitrogens is 2. The molecule has 174 valence electrons. The lowest BCUT2D eigenvalue weighted by Crippen LogP contribution is -2.22. The largest absolute Gasteiger partial charge is 0.472 e. The number of anilines is 1. The van der Waals surface area contributed by atoms with Crippen LogP contribution in [0.1, 0.15) is 32.1 Å². The lowest BCUT2D eigenvalue weighted by atomic mass is 9.82. The van der Waals surface area contributed by atoms with Gasteiger partial charge in [-0.05, 0) is 43.0 Å². The number of nitrogens with zero attached hydrogens (tertiary/aromatic N) is 5. The maximum absolute atomic E-state index is 12.6. The van der Waals surface area contributed by atoms with Gasteiger partial charge in [-0.2, -0.15) is 10.2 Å². The molecule has 1 fully saturated rings. The predicted octanol–water partition coefficient (Wildman–Crippen LogP) is 4.65. The number of aldehydes is 1. The number of halogens is 2.